The second kappa shape index (κ2) is 6.90. The van der Waals surface area contributed by atoms with Crippen LogP contribution >= 0.6 is 11.3 Å². The fourth-order valence-electron chi connectivity index (χ4n) is 3.35. The van der Waals surface area contributed by atoms with Gasteiger partial charge >= 0.3 is 0 Å². The molecule has 3 N–H and O–H groups in total. The lowest BCUT2D eigenvalue weighted by Crippen LogP contribution is -2.36. The Morgan fingerprint density at radius 1 is 1.33 bits per heavy atom. The van der Waals surface area contributed by atoms with Gasteiger partial charge in [-0.3, -0.25) is 9.69 Å². The number of benzene rings is 1. The minimum Gasteiger partial charge on any atom is -0.397 e. The molecule has 3 heterocycles. The predicted molar refractivity (Wildman–Crippen MR) is 108 cm³/mol. The molecule has 0 radical (unpaired) electrons. The van der Waals surface area contributed by atoms with Crippen LogP contribution in [0.3, 0.4) is 0 Å². The van der Waals surface area contributed by atoms with Crippen LogP contribution in [0.4, 0.5) is 15.8 Å². The summed E-state index contributed by atoms with van der Waals surface area (Å²) >= 11 is 1.30. The van der Waals surface area contributed by atoms with Gasteiger partial charge in [-0.25, -0.2) is 9.37 Å². The van der Waals surface area contributed by atoms with Crippen LogP contribution in [0.2, 0.25) is 0 Å². The maximum Gasteiger partial charge on any atom is 0.267 e. The average Bonchev–Trinajstić information content (AvgIpc) is 2.97. The second-order valence-corrected chi connectivity index (χ2v) is 8.07. The molecule has 1 amide bonds. The van der Waals surface area contributed by atoms with Crippen molar-refractivity contribution in [1.82, 2.24) is 9.88 Å². The second-order valence-electron chi connectivity index (χ2n) is 7.07. The first-order chi connectivity index (χ1) is 12.9. The highest BCUT2D eigenvalue weighted by atomic mass is 32.1. The highest BCUT2D eigenvalue weighted by Gasteiger charge is 2.23. The van der Waals surface area contributed by atoms with Crippen LogP contribution < -0.4 is 11.1 Å². The minimum absolute atomic E-state index is 0.302. The lowest BCUT2D eigenvalue weighted by atomic mass is 10.0. The van der Waals surface area contributed by atoms with Crippen LogP contribution in [0.5, 0.6) is 0 Å². The molecule has 0 saturated heterocycles. The number of hydrogen-bond acceptors (Lipinski definition) is 5. The minimum atomic E-state index is -0.348. The third-order valence-corrected chi connectivity index (χ3v) is 6.05. The number of carbonyl (C=O) groups excluding carboxylic acids is 1. The molecule has 0 unspecified atom stereocenters. The number of nitrogens with one attached hydrogen (secondary N) is 1. The van der Waals surface area contributed by atoms with Crippen molar-refractivity contribution in [3.8, 4) is 0 Å². The number of thiophene rings is 1. The van der Waals surface area contributed by atoms with Gasteiger partial charge in [0.25, 0.3) is 5.91 Å². The van der Waals surface area contributed by atoms with Gasteiger partial charge in [0, 0.05) is 42.3 Å². The van der Waals surface area contributed by atoms with Crippen molar-refractivity contribution in [3.05, 3.63) is 52.3 Å². The maximum absolute atomic E-state index is 13.0. The quantitative estimate of drug-likeness (QED) is 0.715. The molecule has 0 spiro atoms. The van der Waals surface area contributed by atoms with Gasteiger partial charge in [0.15, 0.2) is 0 Å². The van der Waals surface area contributed by atoms with Crippen molar-refractivity contribution in [2.45, 2.75) is 32.9 Å². The standard InChI is InChI=1S/C20H21FN4OS/c1-11(2)25-8-7-16-12(10-25)9-15-17(22)18(27-20(15)24-16)19(26)23-14-5-3-13(21)4-6-14/h3-6,9,11H,7-8,10,22H2,1-2H3,(H,23,26). The summed E-state index contributed by atoms with van der Waals surface area (Å²) in [6.07, 6.45) is 0.901. The number of aromatic nitrogens is 1. The van der Waals surface area contributed by atoms with Crippen LogP contribution in [0, 0.1) is 5.82 Å². The number of anilines is 2. The van der Waals surface area contributed by atoms with E-state index >= 15 is 0 Å². The lowest BCUT2D eigenvalue weighted by molar-refractivity contribution is 0.103. The molecule has 1 aliphatic heterocycles. The number of halogens is 1. The number of fused-ring (bicyclic) bond motifs is 2. The van der Waals surface area contributed by atoms with Crippen LogP contribution in [-0.2, 0) is 13.0 Å². The summed E-state index contributed by atoms with van der Waals surface area (Å²) in [6.45, 7) is 6.21. The van der Waals surface area contributed by atoms with E-state index < -0.39 is 0 Å². The first-order valence-electron chi connectivity index (χ1n) is 8.94. The Hall–Kier alpha value is -2.51. The Labute approximate surface area is 161 Å². The van der Waals surface area contributed by atoms with Gasteiger partial charge < -0.3 is 11.1 Å². The fraction of sp³-hybridized carbons (Fsp3) is 0.300. The zero-order valence-electron chi connectivity index (χ0n) is 15.3. The fourth-order valence-corrected chi connectivity index (χ4v) is 4.34. The van der Waals surface area contributed by atoms with Crippen molar-refractivity contribution in [2.75, 3.05) is 17.6 Å². The number of rotatable bonds is 3. The topological polar surface area (TPSA) is 71.2 Å². The van der Waals surface area contributed by atoms with Crippen molar-refractivity contribution in [1.29, 1.82) is 0 Å². The van der Waals surface area contributed by atoms with Crippen molar-refractivity contribution < 1.29 is 9.18 Å². The third kappa shape index (κ3) is 3.40. The third-order valence-electron chi connectivity index (χ3n) is 4.94. The summed E-state index contributed by atoms with van der Waals surface area (Å²) in [7, 11) is 0. The summed E-state index contributed by atoms with van der Waals surface area (Å²) < 4.78 is 13.0. The monoisotopic (exact) mass is 384 g/mol. The van der Waals surface area contributed by atoms with Crippen LogP contribution in [0.15, 0.2) is 30.3 Å². The zero-order chi connectivity index (χ0) is 19.1. The van der Waals surface area contributed by atoms with Gasteiger partial charge in [-0.1, -0.05) is 0 Å². The SMILES string of the molecule is CC(C)N1CCc2nc3sc(C(=O)Nc4ccc(F)cc4)c(N)c3cc2C1. The molecule has 0 fully saturated rings. The molecule has 0 saturated carbocycles. The van der Waals surface area contributed by atoms with E-state index in [1.165, 1.54) is 41.2 Å². The molecule has 1 aliphatic rings. The Morgan fingerprint density at radius 3 is 2.78 bits per heavy atom. The molecule has 140 valence electrons. The van der Waals surface area contributed by atoms with Gasteiger partial charge in [0.2, 0.25) is 0 Å². The van der Waals surface area contributed by atoms with E-state index in [1.54, 1.807) is 0 Å². The number of nitrogens with zero attached hydrogens (tertiary/aromatic N) is 2. The van der Waals surface area contributed by atoms with Gasteiger partial charge in [-0.05, 0) is 49.7 Å². The molecule has 4 rings (SSSR count). The van der Waals surface area contributed by atoms with Crippen LogP contribution in [0.25, 0.3) is 10.2 Å². The van der Waals surface area contributed by atoms with Crippen LogP contribution in [-0.4, -0.2) is 28.4 Å². The molecule has 2 aromatic heterocycles. The van der Waals surface area contributed by atoms with E-state index in [4.69, 9.17) is 10.7 Å². The molecular weight excluding hydrogens is 363 g/mol. The molecular formula is C20H21FN4OS. The van der Waals surface area contributed by atoms with E-state index in [0.29, 0.717) is 22.3 Å². The normalized spacial score (nSPS) is 14.5. The Kier molecular flexibility index (Phi) is 4.57. The van der Waals surface area contributed by atoms with E-state index in [1.807, 2.05) is 0 Å². The Balaban J connectivity index is 1.66. The Morgan fingerprint density at radius 2 is 2.07 bits per heavy atom. The zero-order valence-corrected chi connectivity index (χ0v) is 16.1. The van der Waals surface area contributed by atoms with Crippen molar-refractivity contribution in [3.63, 3.8) is 0 Å². The van der Waals surface area contributed by atoms with Gasteiger partial charge in [0.05, 0.1) is 5.69 Å². The van der Waals surface area contributed by atoms with E-state index in [2.05, 4.69) is 30.1 Å². The molecule has 5 nitrogen and oxygen atoms in total. The summed E-state index contributed by atoms with van der Waals surface area (Å²) in [6, 6.07) is 8.21. The van der Waals surface area contributed by atoms with E-state index in [9.17, 15) is 9.18 Å². The molecule has 0 aliphatic carbocycles. The number of carbonyl (C=O) groups is 1. The van der Waals surface area contributed by atoms with Crippen molar-refractivity contribution in [2.24, 2.45) is 0 Å². The average molecular weight is 384 g/mol. The summed E-state index contributed by atoms with van der Waals surface area (Å²) in [4.78, 5) is 21.0. The highest BCUT2D eigenvalue weighted by molar-refractivity contribution is 7.21. The smallest absolute Gasteiger partial charge is 0.267 e. The van der Waals surface area contributed by atoms with Crippen molar-refractivity contribution >= 4 is 38.8 Å². The molecule has 3 aromatic rings. The largest absolute Gasteiger partial charge is 0.397 e. The van der Waals surface area contributed by atoms with E-state index in [-0.39, 0.29) is 11.7 Å². The van der Waals surface area contributed by atoms with Gasteiger partial charge in [-0.2, -0.15) is 0 Å². The first kappa shape index (κ1) is 17.9. The lowest BCUT2D eigenvalue weighted by Gasteiger charge is -2.31. The van der Waals surface area contributed by atoms with Gasteiger partial charge in [0.1, 0.15) is 15.5 Å². The number of nitrogen functional groups attached to an aromatic ring is 1. The number of pyridine rings is 1. The number of nitrogens with two attached hydrogens (primary N) is 1. The number of hydrogen-bond donors (Lipinski definition) is 2. The maximum atomic E-state index is 13.0. The summed E-state index contributed by atoms with van der Waals surface area (Å²) in [5, 5.41) is 3.59. The molecule has 0 bridgehead atoms. The molecule has 0 atom stereocenters. The highest BCUT2D eigenvalue weighted by Crippen LogP contribution is 2.35. The molecule has 27 heavy (non-hydrogen) atoms. The number of amides is 1. The molecule has 7 heteroatoms. The molecule has 1 aromatic carbocycles. The first-order valence-corrected chi connectivity index (χ1v) is 9.75. The van der Waals surface area contributed by atoms with Crippen LogP contribution in [0.1, 0.15) is 34.8 Å². The summed E-state index contributed by atoms with van der Waals surface area (Å²) in [5.74, 6) is -0.650. The Bertz CT molecular complexity index is 1010. The summed E-state index contributed by atoms with van der Waals surface area (Å²) in [5.41, 5.74) is 9.52. The predicted octanol–water partition coefficient (Wildman–Crippen LogP) is 4.04. The van der Waals surface area contributed by atoms with Gasteiger partial charge in [-0.15, -0.1) is 11.3 Å². The van der Waals surface area contributed by atoms with E-state index in [0.717, 1.165) is 35.4 Å².